The summed E-state index contributed by atoms with van der Waals surface area (Å²) in [6, 6.07) is 3.94. The second kappa shape index (κ2) is 7.88. The van der Waals surface area contributed by atoms with Gasteiger partial charge in [0.15, 0.2) is 5.96 Å². The summed E-state index contributed by atoms with van der Waals surface area (Å²) >= 11 is 0. The SMILES string of the molecule is Cl.N=C(N)N1CC[C@@H](c2nc(-c3ccc(N4CCOCC4)nc3)no2)C1. The lowest BCUT2D eigenvalue weighted by Crippen LogP contribution is -2.36. The highest BCUT2D eigenvalue weighted by Gasteiger charge is 2.29. The van der Waals surface area contributed by atoms with Crippen LogP contribution in [0.4, 0.5) is 5.82 Å². The molecular weight excluding hydrogens is 358 g/mol. The van der Waals surface area contributed by atoms with Gasteiger partial charge in [0, 0.05) is 37.9 Å². The van der Waals surface area contributed by atoms with Crippen LogP contribution in [0.25, 0.3) is 11.4 Å². The molecule has 2 aromatic rings. The fourth-order valence-corrected chi connectivity index (χ4v) is 3.20. The lowest BCUT2D eigenvalue weighted by Gasteiger charge is -2.27. The zero-order chi connectivity index (χ0) is 17.2. The van der Waals surface area contributed by atoms with E-state index in [1.54, 1.807) is 6.20 Å². The smallest absolute Gasteiger partial charge is 0.231 e. The topological polar surface area (TPSA) is 117 Å². The van der Waals surface area contributed by atoms with Crippen molar-refractivity contribution >= 4 is 24.2 Å². The summed E-state index contributed by atoms with van der Waals surface area (Å²) in [5, 5.41) is 11.6. The molecule has 140 valence electrons. The van der Waals surface area contributed by atoms with Crippen LogP contribution in [0.2, 0.25) is 0 Å². The maximum atomic E-state index is 7.51. The van der Waals surface area contributed by atoms with E-state index >= 15 is 0 Å². The molecule has 1 atom stereocenters. The van der Waals surface area contributed by atoms with Crippen molar-refractivity contribution < 1.29 is 9.26 Å². The van der Waals surface area contributed by atoms with Crippen LogP contribution in [0.15, 0.2) is 22.9 Å². The highest BCUT2D eigenvalue weighted by atomic mass is 35.5. The Labute approximate surface area is 157 Å². The molecule has 4 rings (SSSR count). The average molecular weight is 380 g/mol. The molecular formula is C16H22ClN7O2. The number of anilines is 1. The third-order valence-electron chi connectivity index (χ3n) is 4.66. The van der Waals surface area contributed by atoms with Gasteiger partial charge < -0.3 is 24.8 Å². The van der Waals surface area contributed by atoms with Crippen molar-refractivity contribution in [2.24, 2.45) is 5.73 Å². The van der Waals surface area contributed by atoms with Crippen LogP contribution >= 0.6 is 12.4 Å². The Kier molecular flexibility index (Phi) is 5.58. The van der Waals surface area contributed by atoms with E-state index in [0.717, 1.165) is 50.7 Å². The Morgan fingerprint density at radius 1 is 1.23 bits per heavy atom. The highest BCUT2D eigenvalue weighted by molar-refractivity contribution is 5.85. The molecule has 0 aliphatic carbocycles. The van der Waals surface area contributed by atoms with Crippen LogP contribution in [0.5, 0.6) is 0 Å². The molecule has 0 aromatic carbocycles. The Balaban J connectivity index is 0.00000196. The van der Waals surface area contributed by atoms with Crippen molar-refractivity contribution in [3.05, 3.63) is 24.2 Å². The number of nitrogens with zero attached hydrogens (tertiary/aromatic N) is 5. The Hall–Kier alpha value is -2.39. The van der Waals surface area contributed by atoms with Gasteiger partial charge in [0.2, 0.25) is 11.7 Å². The van der Waals surface area contributed by atoms with E-state index in [1.165, 1.54) is 0 Å². The third-order valence-corrected chi connectivity index (χ3v) is 4.66. The predicted molar refractivity (Wildman–Crippen MR) is 98.7 cm³/mol. The molecule has 26 heavy (non-hydrogen) atoms. The molecule has 3 N–H and O–H groups in total. The van der Waals surface area contributed by atoms with Crippen molar-refractivity contribution in [1.29, 1.82) is 5.41 Å². The normalized spacial score (nSPS) is 20.1. The van der Waals surface area contributed by atoms with E-state index < -0.39 is 0 Å². The van der Waals surface area contributed by atoms with E-state index in [2.05, 4.69) is 20.0 Å². The summed E-state index contributed by atoms with van der Waals surface area (Å²) in [4.78, 5) is 13.0. The number of aromatic nitrogens is 3. The molecule has 10 heteroatoms. The van der Waals surface area contributed by atoms with Gasteiger partial charge in [0.05, 0.1) is 19.1 Å². The van der Waals surface area contributed by atoms with Crippen molar-refractivity contribution in [3.63, 3.8) is 0 Å². The Morgan fingerprint density at radius 3 is 2.69 bits per heavy atom. The van der Waals surface area contributed by atoms with E-state index in [0.29, 0.717) is 18.3 Å². The van der Waals surface area contributed by atoms with Crippen LogP contribution in [0.3, 0.4) is 0 Å². The minimum absolute atomic E-state index is 0. The van der Waals surface area contributed by atoms with Gasteiger partial charge in [0.1, 0.15) is 5.82 Å². The monoisotopic (exact) mass is 379 g/mol. The van der Waals surface area contributed by atoms with Crippen LogP contribution < -0.4 is 10.6 Å². The van der Waals surface area contributed by atoms with Gasteiger partial charge in [-0.05, 0) is 18.6 Å². The summed E-state index contributed by atoms with van der Waals surface area (Å²) < 4.78 is 10.8. The Bertz CT molecular complexity index is 745. The first-order valence-electron chi connectivity index (χ1n) is 8.42. The second-order valence-electron chi connectivity index (χ2n) is 6.28. The summed E-state index contributed by atoms with van der Waals surface area (Å²) in [6.45, 7) is 4.56. The van der Waals surface area contributed by atoms with Crippen molar-refractivity contribution in [1.82, 2.24) is 20.0 Å². The minimum Gasteiger partial charge on any atom is -0.378 e. The van der Waals surface area contributed by atoms with Crippen LogP contribution in [0, 0.1) is 5.41 Å². The second-order valence-corrected chi connectivity index (χ2v) is 6.28. The summed E-state index contributed by atoms with van der Waals surface area (Å²) in [5.74, 6) is 2.27. The lowest BCUT2D eigenvalue weighted by atomic mass is 10.1. The maximum absolute atomic E-state index is 7.51. The van der Waals surface area contributed by atoms with Gasteiger partial charge in [-0.25, -0.2) is 4.98 Å². The Morgan fingerprint density at radius 2 is 2.04 bits per heavy atom. The molecule has 4 heterocycles. The first kappa shape index (κ1) is 18.4. The van der Waals surface area contributed by atoms with E-state index in [1.807, 2.05) is 17.0 Å². The number of nitrogens with two attached hydrogens (primary N) is 1. The van der Waals surface area contributed by atoms with E-state index in [9.17, 15) is 0 Å². The molecule has 2 fully saturated rings. The van der Waals surface area contributed by atoms with Crippen molar-refractivity contribution in [2.75, 3.05) is 44.3 Å². The molecule has 0 amide bonds. The fourth-order valence-electron chi connectivity index (χ4n) is 3.20. The number of guanidine groups is 1. The molecule has 0 bridgehead atoms. The first-order valence-corrected chi connectivity index (χ1v) is 8.42. The largest absolute Gasteiger partial charge is 0.378 e. The van der Waals surface area contributed by atoms with E-state index in [4.69, 9.17) is 20.4 Å². The molecule has 2 saturated heterocycles. The third kappa shape index (κ3) is 3.73. The molecule has 0 unspecified atom stereocenters. The van der Waals surface area contributed by atoms with Gasteiger partial charge >= 0.3 is 0 Å². The van der Waals surface area contributed by atoms with Crippen LogP contribution in [0.1, 0.15) is 18.2 Å². The predicted octanol–water partition coefficient (Wildman–Crippen LogP) is 1.07. The van der Waals surface area contributed by atoms with Crippen molar-refractivity contribution in [2.45, 2.75) is 12.3 Å². The quantitative estimate of drug-likeness (QED) is 0.600. The zero-order valence-corrected chi connectivity index (χ0v) is 15.1. The fraction of sp³-hybridized carbons (Fsp3) is 0.500. The van der Waals surface area contributed by atoms with Gasteiger partial charge in [-0.2, -0.15) is 4.98 Å². The van der Waals surface area contributed by atoms with Crippen LogP contribution in [-0.4, -0.2) is 65.4 Å². The maximum Gasteiger partial charge on any atom is 0.231 e. The highest BCUT2D eigenvalue weighted by Crippen LogP contribution is 2.27. The number of morpholine rings is 1. The molecule has 2 aromatic heterocycles. The van der Waals surface area contributed by atoms with Gasteiger partial charge in [0.25, 0.3) is 0 Å². The molecule has 2 aliphatic rings. The summed E-state index contributed by atoms with van der Waals surface area (Å²) in [5.41, 5.74) is 6.36. The first-order chi connectivity index (χ1) is 12.2. The minimum atomic E-state index is 0. The number of pyridine rings is 1. The number of likely N-dealkylation sites (tertiary alicyclic amines) is 1. The zero-order valence-electron chi connectivity index (χ0n) is 14.3. The number of hydrogen-bond acceptors (Lipinski definition) is 7. The molecule has 0 saturated carbocycles. The molecule has 0 radical (unpaired) electrons. The number of hydrogen-bond donors (Lipinski definition) is 2. The number of rotatable bonds is 3. The van der Waals surface area contributed by atoms with Gasteiger partial charge in [-0.15, -0.1) is 12.4 Å². The number of ether oxygens (including phenoxy) is 1. The molecule has 0 spiro atoms. The number of halogens is 1. The van der Waals surface area contributed by atoms with Crippen LogP contribution in [-0.2, 0) is 4.74 Å². The summed E-state index contributed by atoms with van der Waals surface area (Å²) in [6.07, 6.45) is 2.63. The lowest BCUT2D eigenvalue weighted by molar-refractivity contribution is 0.122. The average Bonchev–Trinajstić information content (AvgIpc) is 3.32. The van der Waals surface area contributed by atoms with Crippen molar-refractivity contribution in [3.8, 4) is 11.4 Å². The van der Waals surface area contributed by atoms with Gasteiger partial charge in [-0.1, -0.05) is 5.16 Å². The summed E-state index contributed by atoms with van der Waals surface area (Å²) in [7, 11) is 0. The number of nitrogens with one attached hydrogen (secondary N) is 1. The molecule has 9 nitrogen and oxygen atoms in total. The van der Waals surface area contributed by atoms with Gasteiger partial charge in [-0.3, -0.25) is 5.41 Å². The molecule has 2 aliphatic heterocycles. The standard InChI is InChI=1S/C16H21N7O2.ClH/c17-16(18)23-4-3-12(10-23)15-20-14(21-25-15)11-1-2-13(19-9-11)22-5-7-24-8-6-22;/h1-2,9,12H,3-8,10H2,(H3,17,18);1H/t12-;/m1./s1. The van der Waals surface area contributed by atoms with E-state index in [-0.39, 0.29) is 24.3 Å².